The Hall–Kier alpha value is -1.30. The Morgan fingerprint density at radius 2 is 1.84 bits per heavy atom. The molecule has 0 aromatic heterocycles. The summed E-state index contributed by atoms with van der Waals surface area (Å²) in [5, 5.41) is 21.2. The first-order chi connectivity index (χ1) is 8.74. The number of carboxylic acids is 1. The van der Waals surface area contributed by atoms with Crippen molar-refractivity contribution in [2.75, 3.05) is 6.54 Å². The van der Waals surface area contributed by atoms with Crippen molar-refractivity contribution >= 4 is 35.1 Å². The second kappa shape index (κ2) is 6.23. The van der Waals surface area contributed by atoms with Crippen molar-refractivity contribution in [1.82, 2.24) is 5.32 Å². The van der Waals surface area contributed by atoms with E-state index in [9.17, 15) is 14.7 Å². The molecule has 1 aromatic carbocycles. The van der Waals surface area contributed by atoms with Gasteiger partial charge in [-0.05, 0) is 24.6 Å². The number of hydrogen-bond donors (Lipinski definition) is 3. The predicted molar refractivity (Wildman–Crippen MR) is 71.4 cm³/mol. The third kappa shape index (κ3) is 4.38. The van der Waals surface area contributed by atoms with Crippen molar-refractivity contribution in [3.63, 3.8) is 0 Å². The van der Waals surface area contributed by atoms with Crippen molar-refractivity contribution in [2.24, 2.45) is 0 Å². The Balaban J connectivity index is 2.64. The summed E-state index contributed by atoms with van der Waals surface area (Å²) in [6.07, 6.45) is -0.0891. The van der Waals surface area contributed by atoms with Crippen LogP contribution in [0, 0.1) is 0 Å². The highest BCUT2D eigenvalue weighted by atomic mass is 35.5. The van der Waals surface area contributed by atoms with Gasteiger partial charge >= 0.3 is 5.97 Å². The lowest BCUT2D eigenvalue weighted by atomic mass is 10.1. The normalized spacial score (nSPS) is 13.7. The molecule has 19 heavy (non-hydrogen) atoms. The molecule has 0 fully saturated rings. The number of halogens is 2. The molecule has 1 amide bonds. The number of carbonyl (C=O) groups is 2. The molecule has 0 aliphatic heterocycles. The van der Waals surface area contributed by atoms with E-state index in [4.69, 9.17) is 28.3 Å². The summed E-state index contributed by atoms with van der Waals surface area (Å²) in [5.74, 6) is -1.89. The van der Waals surface area contributed by atoms with Crippen LogP contribution in [0.2, 0.25) is 10.0 Å². The lowest BCUT2D eigenvalue weighted by Crippen LogP contribution is -2.46. The van der Waals surface area contributed by atoms with E-state index < -0.39 is 24.0 Å². The molecule has 5 nitrogen and oxygen atoms in total. The van der Waals surface area contributed by atoms with Gasteiger partial charge in [-0.1, -0.05) is 29.3 Å². The van der Waals surface area contributed by atoms with E-state index in [-0.39, 0.29) is 6.42 Å². The average Bonchev–Trinajstić information content (AvgIpc) is 2.31. The minimum Gasteiger partial charge on any atom is -0.479 e. The van der Waals surface area contributed by atoms with Crippen LogP contribution in [-0.2, 0) is 16.0 Å². The fourth-order valence-electron chi connectivity index (χ4n) is 1.27. The zero-order valence-electron chi connectivity index (χ0n) is 10.1. The predicted octanol–water partition coefficient (Wildman–Crippen LogP) is 1.49. The Labute approximate surface area is 120 Å². The summed E-state index contributed by atoms with van der Waals surface area (Å²) >= 11 is 11.8. The van der Waals surface area contributed by atoms with Crippen molar-refractivity contribution in [3.05, 3.63) is 33.8 Å². The maximum absolute atomic E-state index is 11.7. The Morgan fingerprint density at radius 3 is 2.32 bits per heavy atom. The van der Waals surface area contributed by atoms with Crippen LogP contribution < -0.4 is 5.32 Å². The molecule has 0 aliphatic rings. The molecular formula is C12H13Cl2NO4. The molecule has 1 unspecified atom stereocenters. The van der Waals surface area contributed by atoms with Crippen LogP contribution in [0.4, 0.5) is 0 Å². The van der Waals surface area contributed by atoms with E-state index in [0.717, 1.165) is 6.92 Å². The van der Waals surface area contributed by atoms with Crippen LogP contribution in [0.5, 0.6) is 0 Å². The third-order valence-electron chi connectivity index (χ3n) is 2.49. The Morgan fingerprint density at radius 1 is 1.32 bits per heavy atom. The first-order valence-electron chi connectivity index (χ1n) is 5.39. The van der Waals surface area contributed by atoms with Gasteiger partial charge in [0, 0.05) is 10.0 Å². The van der Waals surface area contributed by atoms with Crippen LogP contribution in [0.3, 0.4) is 0 Å². The molecule has 0 aliphatic carbocycles. The van der Waals surface area contributed by atoms with Gasteiger partial charge in [0.1, 0.15) is 0 Å². The molecule has 1 atom stereocenters. The van der Waals surface area contributed by atoms with Crippen LogP contribution in [0.1, 0.15) is 12.5 Å². The highest BCUT2D eigenvalue weighted by Gasteiger charge is 2.30. The maximum Gasteiger partial charge on any atom is 0.337 e. The second-order valence-electron chi connectivity index (χ2n) is 4.23. The van der Waals surface area contributed by atoms with Gasteiger partial charge < -0.3 is 15.5 Å². The van der Waals surface area contributed by atoms with E-state index in [1.54, 1.807) is 18.2 Å². The number of aliphatic carboxylic acids is 1. The largest absolute Gasteiger partial charge is 0.479 e. The molecule has 0 bridgehead atoms. The zero-order valence-corrected chi connectivity index (χ0v) is 11.6. The zero-order chi connectivity index (χ0) is 14.6. The molecule has 0 radical (unpaired) electrons. The summed E-state index contributed by atoms with van der Waals surface area (Å²) in [6, 6.07) is 4.86. The van der Waals surface area contributed by atoms with Gasteiger partial charge in [-0.25, -0.2) is 4.79 Å². The van der Waals surface area contributed by atoms with Crippen LogP contribution in [0.25, 0.3) is 0 Å². The van der Waals surface area contributed by atoms with Crippen molar-refractivity contribution in [3.8, 4) is 0 Å². The van der Waals surface area contributed by atoms with E-state index in [1.165, 1.54) is 0 Å². The first kappa shape index (κ1) is 15.8. The lowest BCUT2D eigenvalue weighted by Gasteiger charge is -2.18. The first-order valence-corrected chi connectivity index (χ1v) is 6.15. The minimum atomic E-state index is -2.01. The summed E-state index contributed by atoms with van der Waals surface area (Å²) in [4.78, 5) is 22.3. The fourth-order valence-corrected chi connectivity index (χ4v) is 1.80. The van der Waals surface area contributed by atoms with Gasteiger partial charge in [-0.2, -0.15) is 0 Å². The van der Waals surface area contributed by atoms with Gasteiger partial charge in [-0.15, -0.1) is 0 Å². The van der Waals surface area contributed by atoms with Gasteiger partial charge in [0.2, 0.25) is 5.91 Å². The van der Waals surface area contributed by atoms with Gasteiger partial charge in [-0.3, -0.25) is 4.79 Å². The molecule has 1 aromatic rings. The van der Waals surface area contributed by atoms with Crippen LogP contribution >= 0.6 is 23.2 Å². The molecule has 104 valence electrons. The monoisotopic (exact) mass is 305 g/mol. The Bertz CT molecular complexity index is 482. The lowest BCUT2D eigenvalue weighted by molar-refractivity contribution is -0.156. The third-order valence-corrected chi connectivity index (χ3v) is 3.20. The van der Waals surface area contributed by atoms with E-state index in [2.05, 4.69) is 5.32 Å². The van der Waals surface area contributed by atoms with Gasteiger partial charge in [0.05, 0.1) is 13.0 Å². The Kier molecular flexibility index (Phi) is 5.17. The molecule has 1 rings (SSSR count). The number of benzene rings is 1. The minimum absolute atomic E-state index is 0.0891. The molecular weight excluding hydrogens is 293 g/mol. The van der Waals surface area contributed by atoms with Crippen molar-refractivity contribution in [2.45, 2.75) is 18.9 Å². The molecule has 3 N–H and O–H groups in total. The fraction of sp³-hybridized carbons (Fsp3) is 0.333. The number of amides is 1. The van der Waals surface area contributed by atoms with Crippen molar-refractivity contribution in [1.29, 1.82) is 0 Å². The van der Waals surface area contributed by atoms with Gasteiger partial charge in [0.15, 0.2) is 5.60 Å². The van der Waals surface area contributed by atoms with E-state index in [0.29, 0.717) is 15.6 Å². The summed E-state index contributed by atoms with van der Waals surface area (Å²) in [6.45, 7) is 0.696. The maximum atomic E-state index is 11.7. The molecule has 7 heteroatoms. The van der Waals surface area contributed by atoms with Gasteiger partial charge in [0.25, 0.3) is 0 Å². The topological polar surface area (TPSA) is 86.6 Å². The second-order valence-corrected chi connectivity index (χ2v) is 5.05. The van der Waals surface area contributed by atoms with Crippen LogP contribution in [0.15, 0.2) is 18.2 Å². The number of aliphatic hydroxyl groups is 1. The SMILES string of the molecule is CC(O)(CNC(=O)Cc1c(Cl)cccc1Cl)C(=O)O. The molecule has 0 saturated heterocycles. The number of hydrogen-bond acceptors (Lipinski definition) is 3. The standard InChI is InChI=1S/C12H13Cl2NO4/c1-12(19,11(17)18)6-15-10(16)5-7-8(13)3-2-4-9(7)14/h2-4,19H,5-6H2,1H3,(H,15,16)(H,17,18). The number of rotatable bonds is 5. The summed E-state index contributed by atoms with van der Waals surface area (Å²) in [5.41, 5.74) is -1.56. The average molecular weight is 306 g/mol. The van der Waals surface area contributed by atoms with Crippen LogP contribution in [-0.4, -0.2) is 34.2 Å². The van der Waals surface area contributed by atoms with E-state index >= 15 is 0 Å². The number of carboxylic acid groups (broad SMARTS) is 1. The van der Waals surface area contributed by atoms with Crippen molar-refractivity contribution < 1.29 is 19.8 Å². The number of nitrogens with one attached hydrogen (secondary N) is 1. The molecule has 0 saturated carbocycles. The summed E-state index contributed by atoms with van der Waals surface area (Å²) in [7, 11) is 0. The number of carbonyl (C=O) groups excluding carboxylic acids is 1. The highest BCUT2D eigenvalue weighted by molar-refractivity contribution is 6.36. The van der Waals surface area contributed by atoms with E-state index in [1.807, 2.05) is 0 Å². The quantitative estimate of drug-likeness (QED) is 0.769. The summed E-state index contributed by atoms with van der Waals surface area (Å²) < 4.78 is 0. The highest BCUT2D eigenvalue weighted by Crippen LogP contribution is 2.24. The molecule has 0 spiro atoms. The smallest absolute Gasteiger partial charge is 0.337 e. The molecule has 0 heterocycles.